The third kappa shape index (κ3) is 9.59. The molecule has 1 N–H and O–H groups in total. The molecule has 3 aromatic carbocycles. The van der Waals surface area contributed by atoms with E-state index in [2.05, 4.69) is 49.3 Å². The van der Waals surface area contributed by atoms with E-state index in [1.807, 2.05) is 17.9 Å². The first-order chi connectivity index (χ1) is 34.3. The van der Waals surface area contributed by atoms with Crippen LogP contribution in [0.4, 0.5) is 24.7 Å². The van der Waals surface area contributed by atoms with Gasteiger partial charge in [0.2, 0.25) is 0 Å². The molecule has 1 saturated carbocycles. The van der Waals surface area contributed by atoms with E-state index in [0.29, 0.717) is 42.3 Å². The fraction of sp³-hybridized carbons (Fsp3) is 0.444. The van der Waals surface area contributed by atoms with Crippen molar-refractivity contribution < 1.29 is 37.4 Å². The molecule has 14 nitrogen and oxygen atoms in total. The molecule has 6 heterocycles. The summed E-state index contributed by atoms with van der Waals surface area (Å²) in [4.78, 5) is 63.6. The molecule has 4 aliphatic heterocycles. The number of benzene rings is 3. The molecule has 5 aromatic rings. The van der Waals surface area contributed by atoms with Crippen LogP contribution in [-0.4, -0.2) is 149 Å². The van der Waals surface area contributed by atoms with Gasteiger partial charge in [0, 0.05) is 119 Å². The molecule has 71 heavy (non-hydrogen) atoms. The van der Waals surface area contributed by atoms with E-state index >= 15 is 8.78 Å². The fourth-order valence-corrected chi connectivity index (χ4v) is 11.0. The molecule has 0 radical (unpaired) electrons. The Kier molecular flexibility index (Phi) is 13.3. The highest BCUT2D eigenvalue weighted by Gasteiger charge is 2.45. The lowest BCUT2D eigenvalue weighted by Gasteiger charge is -2.40. The number of anilines is 2. The van der Waals surface area contributed by atoms with E-state index in [-0.39, 0.29) is 88.4 Å². The monoisotopic (exact) mass is 969 g/mol. The summed E-state index contributed by atoms with van der Waals surface area (Å²) in [7, 11) is 0. The summed E-state index contributed by atoms with van der Waals surface area (Å²) >= 11 is 0. The van der Waals surface area contributed by atoms with E-state index in [0.717, 1.165) is 102 Å². The lowest BCUT2D eigenvalue weighted by Crippen LogP contribution is -2.50. The van der Waals surface area contributed by atoms with Crippen molar-refractivity contribution in [2.75, 3.05) is 94.9 Å². The van der Waals surface area contributed by atoms with Gasteiger partial charge in [0.25, 0.3) is 11.8 Å². The molecule has 10 rings (SSSR count). The van der Waals surface area contributed by atoms with Crippen LogP contribution in [0.25, 0.3) is 32.9 Å². The zero-order valence-corrected chi connectivity index (χ0v) is 40.0. The SMILES string of the molecule is C#Cc1c(F)ccc2cc(O)cc(-c3ncc4c(N5CCN(C(=O)C(=C)F)CC5)nc(OCC5(CN6CCN(CC7CCN(c8ccc9c(c8)CN(C(C=O)CCC)C9=O)CC7)CC6)CC5)nc4c3F)c12. The van der Waals surface area contributed by atoms with Crippen LogP contribution in [0.2, 0.25) is 0 Å². The molecule has 2 amide bonds. The van der Waals surface area contributed by atoms with Crippen LogP contribution in [-0.2, 0) is 16.1 Å². The molecule has 1 atom stereocenters. The van der Waals surface area contributed by atoms with Gasteiger partial charge in [-0.3, -0.25) is 14.6 Å². The second kappa shape index (κ2) is 19.8. The minimum Gasteiger partial charge on any atom is -0.508 e. The Labute approximate surface area is 411 Å². The number of aromatic hydroxyl groups is 1. The summed E-state index contributed by atoms with van der Waals surface area (Å²) < 4.78 is 52.4. The number of terminal acetylenes is 1. The number of ether oxygens (including phenoxy) is 1. The second-order valence-electron chi connectivity index (χ2n) is 19.9. The molecule has 0 bridgehead atoms. The molecule has 1 aliphatic carbocycles. The average molecular weight is 970 g/mol. The van der Waals surface area contributed by atoms with Crippen molar-refractivity contribution in [1.29, 1.82) is 0 Å². The van der Waals surface area contributed by atoms with Gasteiger partial charge in [-0.1, -0.05) is 31.9 Å². The summed E-state index contributed by atoms with van der Waals surface area (Å²) in [5, 5.41) is 11.6. The van der Waals surface area contributed by atoms with Crippen molar-refractivity contribution in [2.45, 2.75) is 58.0 Å². The van der Waals surface area contributed by atoms with E-state index in [9.17, 15) is 23.9 Å². The number of hydrogen-bond acceptors (Lipinski definition) is 12. The summed E-state index contributed by atoms with van der Waals surface area (Å²) in [5.41, 5.74) is 2.42. The normalized spacial score (nSPS) is 19.0. The Morgan fingerprint density at radius 2 is 1.72 bits per heavy atom. The van der Waals surface area contributed by atoms with Crippen molar-refractivity contribution in [3.63, 3.8) is 0 Å². The van der Waals surface area contributed by atoms with Crippen molar-refractivity contribution in [3.05, 3.63) is 89.4 Å². The second-order valence-corrected chi connectivity index (χ2v) is 19.9. The highest BCUT2D eigenvalue weighted by molar-refractivity contribution is 6.03. The Morgan fingerprint density at radius 3 is 2.41 bits per heavy atom. The Morgan fingerprint density at radius 1 is 0.972 bits per heavy atom. The maximum absolute atomic E-state index is 17.1. The van der Waals surface area contributed by atoms with Gasteiger partial charge in [0.15, 0.2) is 11.6 Å². The number of carbonyl (C=O) groups is 3. The predicted octanol–water partition coefficient (Wildman–Crippen LogP) is 6.96. The van der Waals surface area contributed by atoms with E-state index < -0.39 is 23.4 Å². The quantitative estimate of drug-likeness (QED) is 0.0660. The van der Waals surface area contributed by atoms with Gasteiger partial charge in [0.1, 0.15) is 34.9 Å². The molecule has 370 valence electrons. The Balaban J connectivity index is 0.788. The number of aromatic nitrogens is 3. The maximum atomic E-state index is 17.1. The van der Waals surface area contributed by atoms with Crippen LogP contribution in [0, 0.1) is 35.3 Å². The number of aldehydes is 1. The van der Waals surface area contributed by atoms with Crippen molar-refractivity contribution >= 4 is 51.3 Å². The number of piperazine rings is 2. The first kappa shape index (κ1) is 47.9. The first-order valence-electron chi connectivity index (χ1n) is 24.7. The smallest absolute Gasteiger partial charge is 0.319 e. The minimum atomic E-state index is -1.05. The number of halogens is 3. The standard InChI is InChI=1S/C54H58F3N9O5/c1-4-6-39(31-67)66-30-37-25-38(8-9-42(37)52(66)70)63-15-11-35(12-16-63)29-61-17-19-62(20-18-61)32-54(13-14-54)33-71-53-59-49-44(50(60-53)64-21-23-65(24-22-64)51(69)34(3)55)28-58-48(47(49)57)43-27-40(68)26-36-7-10-45(56)41(5-2)46(36)43/h2,7-10,25-28,31,35,39,68H,3-4,6,11-24,29-30,32-33H2,1H3. The van der Waals surface area contributed by atoms with Crippen LogP contribution >= 0.6 is 0 Å². The van der Waals surface area contributed by atoms with Crippen LogP contribution in [0.15, 0.2) is 61.1 Å². The third-order valence-electron chi connectivity index (χ3n) is 15.2. The van der Waals surface area contributed by atoms with Crippen LogP contribution in [0.5, 0.6) is 11.8 Å². The number of amides is 2. The van der Waals surface area contributed by atoms with Gasteiger partial charge < -0.3 is 44.0 Å². The van der Waals surface area contributed by atoms with E-state index in [1.165, 1.54) is 35.4 Å². The van der Waals surface area contributed by atoms with Gasteiger partial charge in [-0.25, -0.2) is 13.2 Å². The number of phenolic OH excluding ortho intramolecular Hbond substituents is 1. The maximum Gasteiger partial charge on any atom is 0.319 e. The predicted molar refractivity (Wildman–Crippen MR) is 265 cm³/mol. The number of carbonyl (C=O) groups excluding carboxylic acids is 3. The molecule has 2 aromatic heterocycles. The number of fused-ring (bicyclic) bond motifs is 3. The van der Waals surface area contributed by atoms with Gasteiger partial charge in [-0.2, -0.15) is 9.97 Å². The van der Waals surface area contributed by atoms with Gasteiger partial charge in [0.05, 0.1) is 23.6 Å². The topological polar surface area (TPSA) is 139 Å². The van der Waals surface area contributed by atoms with Crippen LogP contribution in [0.1, 0.15) is 66.9 Å². The lowest BCUT2D eigenvalue weighted by molar-refractivity contribution is -0.128. The van der Waals surface area contributed by atoms with Crippen LogP contribution in [0.3, 0.4) is 0 Å². The number of piperidine rings is 1. The van der Waals surface area contributed by atoms with Gasteiger partial charge >= 0.3 is 6.01 Å². The number of hydrogen-bond donors (Lipinski definition) is 1. The van der Waals surface area contributed by atoms with Crippen LogP contribution < -0.4 is 14.5 Å². The molecule has 3 saturated heterocycles. The third-order valence-corrected chi connectivity index (χ3v) is 15.2. The lowest BCUT2D eigenvalue weighted by atomic mass is 9.95. The number of phenols is 1. The van der Waals surface area contributed by atoms with E-state index in [4.69, 9.17) is 16.1 Å². The summed E-state index contributed by atoms with van der Waals surface area (Å²) in [6.07, 6.45) is 13.7. The molecule has 0 spiro atoms. The summed E-state index contributed by atoms with van der Waals surface area (Å²) in [6, 6.07) is 11.1. The zero-order chi connectivity index (χ0) is 49.6. The largest absolute Gasteiger partial charge is 0.508 e. The van der Waals surface area contributed by atoms with Gasteiger partial charge in [-0.05, 0) is 85.4 Å². The average Bonchev–Trinajstić information content (AvgIpc) is 4.07. The zero-order valence-electron chi connectivity index (χ0n) is 40.0. The molecule has 4 fully saturated rings. The Hall–Kier alpha value is -6.77. The first-order valence-corrected chi connectivity index (χ1v) is 24.7. The molecule has 1 unspecified atom stereocenters. The highest BCUT2D eigenvalue weighted by Crippen LogP contribution is 2.47. The summed E-state index contributed by atoms with van der Waals surface area (Å²) in [5.74, 6) is -0.284. The summed E-state index contributed by atoms with van der Waals surface area (Å²) in [6.45, 7) is 14.5. The minimum absolute atomic E-state index is 0.0366. The van der Waals surface area contributed by atoms with Crippen molar-refractivity contribution in [1.82, 2.24) is 34.6 Å². The number of rotatable bonds is 15. The fourth-order valence-electron chi connectivity index (χ4n) is 11.0. The Bertz CT molecular complexity index is 2950. The molecule has 5 aliphatic rings. The van der Waals surface area contributed by atoms with E-state index in [1.54, 1.807) is 4.90 Å². The molecular formula is C54H58F3N9O5. The highest BCUT2D eigenvalue weighted by atomic mass is 19.1. The molecule has 17 heteroatoms. The number of pyridine rings is 1. The van der Waals surface area contributed by atoms with Gasteiger partial charge in [-0.15, -0.1) is 6.42 Å². The molecular weight excluding hydrogens is 912 g/mol. The van der Waals surface area contributed by atoms with Crippen molar-refractivity contribution in [2.24, 2.45) is 11.3 Å². The van der Waals surface area contributed by atoms with Crippen molar-refractivity contribution in [3.8, 4) is 35.4 Å². The number of nitrogens with zero attached hydrogens (tertiary/aromatic N) is 9.